The fourth-order valence-electron chi connectivity index (χ4n) is 1.59. The Morgan fingerprint density at radius 1 is 1.50 bits per heavy atom. The topological polar surface area (TPSA) is 55.5 Å². The van der Waals surface area contributed by atoms with Crippen LogP contribution in [-0.2, 0) is 4.74 Å². The van der Waals surface area contributed by atoms with Gasteiger partial charge in [0.2, 0.25) is 0 Å². The normalized spacial score (nSPS) is 35.8. The average molecular weight is 196 g/mol. The number of nitrogens with two attached hydrogens (primary N) is 1. The van der Waals surface area contributed by atoms with Crippen LogP contribution >= 0.6 is 12.4 Å². The van der Waals surface area contributed by atoms with Crippen molar-refractivity contribution in [2.45, 2.75) is 37.3 Å². The van der Waals surface area contributed by atoms with Crippen LogP contribution < -0.4 is 5.73 Å². The molecule has 0 unspecified atom stereocenters. The summed E-state index contributed by atoms with van der Waals surface area (Å²) < 4.78 is 5.27. The van der Waals surface area contributed by atoms with Gasteiger partial charge in [0.05, 0.1) is 12.2 Å². The summed E-state index contributed by atoms with van der Waals surface area (Å²) in [7, 11) is 1.66. The summed E-state index contributed by atoms with van der Waals surface area (Å²) in [6.45, 7) is 0.121. The Morgan fingerprint density at radius 3 is 2.33 bits per heavy atom. The van der Waals surface area contributed by atoms with E-state index < -0.39 is 0 Å². The molecule has 0 heterocycles. The maximum Gasteiger partial charge on any atom is 0.0909 e. The average Bonchev–Trinajstić information content (AvgIpc) is 2.07. The van der Waals surface area contributed by atoms with E-state index in [-0.39, 0.29) is 24.6 Å². The van der Waals surface area contributed by atoms with E-state index in [0.29, 0.717) is 6.04 Å². The Labute approximate surface area is 79.7 Å². The molecular weight excluding hydrogens is 178 g/mol. The predicted molar refractivity (Wildman–Crippen MR) is 50.5 cm³/mol. The van der Waals surface area contributed by atoms with Crippen LogP contribution in [0, 0.1) is 0 Å². The van der Waals surface area contributed by atoms with Gasteiger partial charge in [-0.3, -0.25) is 0 Å². The van der Waals surface area contributed by atoms with Gasteiger partial charge >= 0.3 is 0 Å². The smallest absolute Gasteiger partial charge is 0.0909 e. The third-order valence-corrected chi connectivity index (χ3v) is 2.66. The van der Waals surface area contributed by atoms with Crippen molar-refractivity contribution in [2.24, 2.45) is 5.73 Å². The van der Waals surface area contributed by atoms with E-state index in [9.17, 15) is 0 Å². The number of rotatable bonds is 2. The van der Waals surface area contributed by atoms with E-state index in [1.54, 1.807) is 7.11 Å². The number of hydrogen-bond acceptors (Lipinski definition) is 3. The molecule has 0 aromatic carbocycles. The van der Waals surface area contributed by atoms with Crippen molar-refractivity contribution >= 4 is 12.4 Å². The van der Waals surface area contributed by atoms with Gasteiger partial charge in [-0.1, -0.05) is 0 Å². The van der Waals surface area contributed by atoms with Crippen molar-refractivity contribution in [3.05, 3.63) is 0 Å². The number of aliphatic hydroxyl groups excluding tert-OH is 1. The first-order chi connectivity index (χ1) is 5.22. The van der Waals surface area contributed by atoms with E-state index in [2.05, 4.69) is 0 Å². The number of ether oxygens (including phenoxy) is 1. The molecule has 0 saturated heterocycles. The van der Waals surface area contributed by atoms with E-state index in [1.165, 1.54) is 0 Å². The third-order valence-electron chi connectivity index (χ3n) is 2.66. The van der Waals surface area contributed by atoms with Crippen LogP contribution in [-0.4, -0.2) is 30.5 Å². The predicted octanol–water partition coefficient (Wildman–Crippen LogP) is 0.687. The summed E-state index contributed by atoms with van der Waals surface area (Å²) in [5.74, 6) is 0. The molecule has 3 nitrogen and oxygen atoms in total. The van der Waals surface area contributed by atoms with Gasteiger partial charge in [0.15, 0.2) is 0 Å². The molecule has 0 spiro atoms. The van der Waals surface area contributed by atoms with Crippen molar-refractivity contribution in [1.82, 2.24) is 0 Å². The van der Waals surface area contributed by atoms with Crippen molar-refractivity contribution in [1.29, 1.82) is 0 Å². The van der Waals surface area contributed by atoms with E-state index in [0.717, 1.165) is 25.7 Å². The minimum absolute atomic E-state index is 0. The van der Waals surface area contributed by atoms with Gasteiger partial charge in [0.1, 0.15) is 0 Å². The lowest BCUT2D eigenvalue weighted by Crippen LogP contribution is -2.43. The van der Waals surface area contributed by atoms with E-state index in [1.807, 2.05) is 0 Å². The summed E-state index contributed by atoms with van der Waals surface area (Å²) in [6, 6.07) is 0.310. The molecule has 12 heavy (non-hydrogen) atoms. The second-order valence-electron chi connectivity index (χ2n) is 3.38. The Hall–Kier alpha value is 0.170. The summed E-state index contributed by atoms with van der Waals surface area (Å²) in [4.78, 5) is 0. The summed E-state index contributed by atoms with van der Waals surface area (Å²) >= 11 is 0. The van der Waals surface area contributed by atoms with Crippen molar-refractivity contribution in [2.75, 3.05) is 13.7 Å². The van der Waals surface area contributed by atoms with Crippen LogP contribution in [0.1, 0.15) is 25.7 Å². The maximum absolute atomic E-state index is 9.06. The number of methoxy groups -OCH3 is 1. The molecule has 1 rings (SSSR count). The number of aliphatic hydroxyl groups is 1. The minimum atomic E-state index is -0.282. The molecule has 0 radical (unpaired) electrons. The molecule has 1 fully saturated rings. The van der Waals surface area contributed by atoms with Crippen LogP contribution in [0.3, 0.4) is 0 Å². The van der Waals surface area contributed by atoms with E-state index in [4.69, 9.17) is 15.6 Å². The molecule has 3 N–H and O–H groups in total. The van der Waals surface area contributed by atoms with Gasteiger partial charge in [0, 0.05) is 13.2 Å². The van der Waals surface area contributed by atoms with Crippen LogP contribution in [0.15, 0.2) is 0 Å². The largest absolute Gasteiger partial charge is 0.393 e. The second-order valence-corrected chi connectivity index (χ2v) is 3.38. The Balaban J connectivity index is 0.00000121. The second kappa shape index (κ2) is 5.02. The molecule has 74 valence electrons. The molecule has 1 saturated carbocycles. The molecule has 0 aromatic heterocycles. The Morgan fingerprint density at radius 2 is 2.00 bits per heavy atom. The van der Waals surface area contributed by atoms with Gasteiger partial charge in [0.25, 0.3) is 0 Å². The molecule has 1 aliphatic carbocycles. The molecule has 0 aliphatic heterocycles. The molecule has 0 amide bonds. The highest BCUT2D eigenvalue weighted by atomic mass is 35.5. The molecule has 0 atom stereocenters. The van der Waals surface area contributed by atoms with Crippen LogP contribution in [0.25, 0.3) is 0 Å². The fourth-order valence-corrected chi connectivity index (χ4v) is 1.59. The Kier molecular flexibility index (Phi) is 5.09. The van der Waals surface area contributed by atoms with Gasteiger partial charge < -0.3 is 15.6 Å². The monoisotopic (exact) mass is 195 g/mol. The summed E-state index contributed by atoms with van der Waals surface area (Å²) in [5.41, 5.74) is 5.45. The number of halogens is 1. The van der Waals surface area contributed by atoms with E-state index >= 15 is 0 Å². The number of hydrogen-bond donors (Lipinski definition) is 2. The van der Waals surface area contributed by atoms with Gasteiger partial charge in [-0.15, -0.1) is 12.4 Å². The molecule has 4 heteroatoms. The zero-order chi connectivity index (χ0) is 8.32. The van der Waals surface area contributed by atoms with Gasteiger partial charge in [-0.2, -0.15) is 0 Å². The molecular formula is C8H18ClNO2. The van der Waals surface area contributed by atoms with Gasteiger partial charge in [-0.05, 0) is 25.7 Å². The first-order valence-corrected chi connectivity index (χ1v) is 4.14. The zero-order valence-corrected chi connectivity index (χ0v) is 8.27. The van der Waals surface area contributed by atoms with Crippen LogP contribution in [0.2, 0.25) is 0 Å². The lowest BCUT2D eigenvalue weighted by Gasteiger charge is -2.36. The summed E-state index contributed by atoms with van der Waals surface area (Å²) in [5, 5.41) is 9.06. The fraction of sp³-hybridized carbons (Fsp3) is 1.00. The lowest BCUT2D eigenvalue weighted by molar-refractivity contribution is -0.0778. The molecule has 0 bridgehead atoms. The third kappa shape index (κ3) is 2.59. The highest BCUT2D eigenvalue weighted by Gasteiger charge is 2.33. The highest BCUT2D eigenvalue weighted by molar-refractivity contribution is 5.85. The first-order valence-electron chi connectivity index (χ1n) is 4.14. The van der Waals surface area contributed by atoms with Crippen LogP contribution in [0.4, 0.5) is 0 Å². The highest BCUT2D eigenvalue weighted by Crippen LogP contribution is 2.29. The SMILES string of the molecule is COC1(CO)CCC(N)CC1.Cl. The van der Waals surface area contributed by atoms with Crippen molar-refractivity contribution in [3.63, 3.8) is 0 Å². The molecule has 1 aliphatic rings. The van der Waals surface area contributed by atoms with Crippen molar-refractivity contribution < 1.29 is 9.84 Å². The molecule has 0 aromatic rings. The summed E-state index contributed by atoms with van der Waals surface area (Å²) in [6.07, 6.45) is 3.71. The lowest BCUT2D eigenvalue weighted by atomic mass is 9.83. The minimum Gasteiger partial charge on any atom is -0.393 e. The standard InChI is InChI=1S/C8H17NO2.ClH/c1-11-8(6-10)4-2-7(9)3-5-8;/h7,10H,2-6,9H2,1H3;1H. The quantitative estimate of drug-likeness (QED) is 0.682. The Bertz CT molecular complexity index is 118. The maximum atomic E-state index is 9.06. The zero-order valence-electron chi connectivity index (χ0n) is 7.45. The van der Waals surface area contributed by atoms with Crippen LogP contribution in [0.5, 0.6) is 0 Å². The van der Waals surface area contributed by atoms with Gasteiger partial charge in [-0.25, -0.2) is 0 Å². The first kappa shape index (κ1) is 12.2. The van der Waals surface area contributed by atoms with Crippen molar-refractivity contribution in [3.8, 4) is 0 Å².